The molecule has 2 unspecified atom stereocenters. The molecule has 3 heteroatoms. The van der Waals surface area contributed by atoms with Crippen molar-refractivity contribution in [2.45, 2.75) is 38.8 Å². The monoisotopic (exact) mass is 168 g/mol. The fourth-order valence-electron chi connectivity index (χ4n) is 1.27. The Labute approximate surface area is 65.8 Å². The largest absolute Gasteiger partial charge is 0.247 e. The molecule has 0 aliphatic heterocycles. The van der Waals surface area contributed by atoms with E-state index in [0.29, 0.717) is 5.92 Å². The zero-order valence-corrected chi connectivity index (χ0v) is 6.82. The Bertz CT molecular complexity index is 75.4. The summed E-state index contributed by atoms with van der Waals surface area (Å²) in [6, 6.07) is 0. The third-order valence-corrected chi connectivity index (χ3v) is 2.01. The van der Waals surface area contributed by atoms with Gasteiger partial charge in [-0.3, -0.25) is 0 Å². The second-order valence-corrected chi connectivity index (χ2v) is 2.88. The van der Waals surface area contributed by atoms with Crippen LogP contribution in [0.5, 0.6) is 0 Å². The molecule has 1 fully saturated rings. The summed E-state index contributed by atoms with van der Waals surface area (Å²) in [6.45, 7) is 0.254. The van der Waals surface area contributed by atoms with Crippen LogP contribution in [0.15, 0.2) is 0 Å². The third-order valence-electron chi connectivity index (χ3n) is 2.01. The summed E-state index contributed by atoms with van der Waals surface area (Å²) in [7, 11) is 0. The van der Waals surface area contributed by atoms with Crippen molar-refractivity contribution in [1.29, 1.82) is 0 Å². The molecule has 0 aromatic rings. The van der Waals surface area contributed by atoms with Gasteiger partial charge in [0.15, 0.2) is 0 Å². The van der Waals surface area contributed by atoms with Crippen molar-refractivity contribution in [3.8, 4) is 0 Å². The molecule has 0 bridgehead atoms. The summed E-state index contributed by atoms with van der Waals surface area (Å²) >= 11 is 0. The number of hydrogen-bond acceptors (Lipinski definition) is 0. The number of hydrogen-bond donors (Lipinski definition) is 0. The Morgan fingerprint density at radius 2 is 1.64 bits per heavy atom. The molecule has 1 saturated carbocycles. The van der Waals surface area contributed by atoms with E-state index in [9.17, 15) is 13.2 Å². The van der Waals surface area contributed by atoms with Crippen LogP contribution < -0.4 is 0 Å². The van der Waals surface area contributed by atoms with Gasteiger partial charge in [0.2, 0.25) is 6.93 Å². The molecule has 0 radical (unpaired) electrons. The van der Waals surface area contributed by atoms with E-state index in [1.54, 1.807) is 0 Å². The van der Waals surface area contributed by atoms with E-state index in [1.807, 2.05) is 6.92 Å². The molecule has 0 aromatic heterocycles. The van der Waals surface area contributed by atoms with Crippen molar-refractivity contribution in [3.05, 3.63) is 0 Å². The molecule has 0 nitrogen and oxygen atoms in total. The van der Waals surface area contributed by atoms with Crippen LogP contribution in [0.2, 0.25) is 0 Å². The van der Waals surface area contributed by atoms with Gasteiger partial charge in [-0.05, 0) is 18.8 Å². The van der Waals surface area contributed by atoms with Crippen molar-refractivity contribution in [2.24, 2.45) is 5.92 Å². The standard InChI is InChI=1S/C7H13F.CH2F2/c1-6-4-2-3-5-7(6)8;2-1-3/h6-7H,2-5H2,1H3;1H2. The van der Waals surface area contributed by atoms with Gasteiger partial charge in [-0.25, -0.2) is 13.2 Å². The van der Waals surface area contributed by atoms with E-state index in [0.717, 1.165) is 19.3 Å². The van der Waals surface area contributed by atoms with E-state index in [1.165, 1.54) is 6.42 Å². The van der Waals surface area contributed by atoms with Gasteiger partial charge in [0.25, 0.3) is 0 Å². The average Bonchev–Trinajstić information content (AvgIpc) is 1.97. The van der Waals surface area contributed by atoms with Gasteiger partial charge in [-0.1, -0.05) is 19.8 Å². The van der Waals surface area contributed by atoms with Gasteiger partial charge in [0.05, 0.1) is 0 Å². The first-order valence-electron chi connectivity index (χ1n) is 3.98. The van der Waals surface area contributed by atoms with Gasteiger partial charge in [0.1, 0.15) is 6.17 Å². The summed E-state index contributed by atoms with van der Waals surface area (Å²) in [5.41, 5.74) is 0. The highest BCUT2D eigenvalue weighted by molar-refractivity contribution is 4.70. The molecule has 0 saturated heterocycles. The molecule has 68 valence electrons. The van der Waals surface area contributed by atoms with Crippen LogP contribution in [0, 0.1) is 5.92 Å². The molecule has 0 aromatic carbocycles. The molecular weight excluding hydrogens is 153 g/mol. The van der Waals surface area contributed by atoms with E-state index in [4.69, 9.17) is 0 Å². The fraction of sp³-hybridized carbons (Fsp3) is 1.00. The third kappa shape index (κ3) is 5.10. The van der Waals surface area contributed by atoms with Crippen molar-refractivity contribution in [1.82, 2.24) is 0 Å². The second-order valence-electron chi connectivity index (χ2n) is 2.88. The van der Waals surface area contributed by atoms with Gasteiger partial charge in [-0.15, -0.1) is 0 Å². The molecule has 1 rings (SSSR count). The summed E-state index contributed by atoms with van der Waals surface area (Å²) in [6.07, 6.45) is 3.75. The SMILES string of the molecule is CC1CCCCC1F.FCF. The topological polar surface area (TPSA) is 0 Å². The molecule has 11 heavy (non-hydrogen) atoms. The maximum absolute atomic E-state index is 12.6. The van der Waals surface area contributed by atoms with E-state index in [-0.39, 0.29) is 0 Å². The lowest BCUT2D eigenvalue weighted by Gasteiger charge is -2.21. The van der Waals surface area contributed by atoms with Crippen LogP contribution in [0.4, 0.5) is 13.2 Å². The number of alkyl halides is 3. The second kappa shape index (κ2) is 6.50. The summed E-state index contributed by atoms with van der Waals surface area (Å²) in [5.74, 6) is 0.337. The Hall–Kier alpha value is -0.210. The molecule has 0 N–H and O–H groups in total. The highest BCUT2D eigenvalue weighted by atomic mass is 19.3. The van der Waals surface area contributed by atoms with Crippen molar-refractivity contribution in [2.75, 3.05) is 6.93 Å². The Kier molecular flexibility index (Phi) is 6.37. The van der Waals surface area contributed by atoms with Crippen LogP contribution in [0.1, 0.15) is 32.6 Å². The van der Waals surface area contributed by atoms with E-state index in [2.05, 4.69) is 0 Å². The minimum atomic E-state index is -1.75. The number of rotatable bonds is 0. The quantitative estimate of drug-likeness (QED) is 0.520. The lowest BCUT2D eigenvalue weighted by atomic mass is 9.89. The maximum atomic E-state index is 12.6. The lowest BCUT2D eigenvalue weighted by molar-refractivity contribution is 0.179. The molecule has 1 aliphatic carbocycles. The molecule has 1 aliphatic rings. The predicted octanol–water partition coefficient (Wildman–Crippen LogP) is 3.42. The van der Waals surface area contributed by atoms with Crippen LogP contribution >= 0.6 is 0 Å². The first kappa shape index (κ1) is 10.8. The predicted molar refractivity (Wildman–Crippen MR) is 39.6 cm³/mol. The molecule has 2 atom stereocenters. The van der Waals surface area contributed by atoms with Crippen LogP contribution in [0.3, 0.4) is 0 Å². The van der Waals surface area contributed by atoms with Gasteiger partial charge in [0, 0.05) is 0 Å². The Balaban J connectivity index is 0.000000292. The van der Waals surface area contributed by atoms with Crippen LogP contribution in [-0.4, -0.2) is 13.1 Å². The highest BCUT2D eigenvalue weighted by Crippen LogP contribution is 2.25. The van der Waals surface area contributed by atoms with Crippen molar-refractivity contribution < 1.29 is 13.2 Å². The number of halogens is 3. The van der Waals surface area contributed by atoms with E-state index < -0.39 is 13.1 Å². The fourth-order valence-corrected chi connectivity index (χ4v) is 1.27. The molecular formula is C8H15F3. The van der Waals surface area contributed by atoms with Gasteiger partial charge >= 0.3 is 0 Å². The minimum absolute atomic E-state index is 0.337. The highest BCUT2D eigenvalue weighted by Gasteiger charge is 2.19. The Morgan fingerprint density at radius 3 is 1.91 bits per heavy atom. The first-order valence-corrected chi connectivity index (χ1v) is 3.98. The van der Waals surface area contributed by atoms with Gasteiger partial charge < -0.3 is 0 Å². The van der Waals surface area contributed by atoms with Crippen molar-refractivity contribution in [3.63, 3.8) is 0 Å². The molecule has 0 amide bonds. The van der Waals surface area contributed by atoms with E-state index >= 15 is 0 Å². The summed E-state index contributed by atoms with van der Waals surface area (Å²) in [5, 5.41) is 0. The normalized spacial score (nSPS) is 30.5. The van der Waals surface area contributed by atoms with Crippen LogP contribution in [0.25, 0.3) is 0 Å². The van der Waals surface area contributed by atoms with Gasteiger partial charge in [-0.2, -0.15) is 0 Å². The molecule has 0 heterocycles. The van der Waals surface area contributed by atoms with Crippen molar-refractivity contribution >= 4 is 0 Å². The Morgan fingerprint density at radius 1 is 1.18 bits per heavy atom. The zero-order chi connectivity index (χ0) is 8.69. The summed E-state index contributed by atoms with van der Waals surface area (Å²) in [4.78, 5) is 0. The molecule has 0 spiro atoms. The smallest absolute Gasteiger partial charge is 0.229 e. The summed E-state index contributed by atoms with van der Waals surface area (Å²) < 4.78 is 31.8. The van der Waals surface area contributed by atoms with Crippen LogP contribution in [-0.2, 0) is 0 Å². The lowest BCUT2D eigenvalue weighted by Crippen LogP contribution is -2.16. The average molecular weight is 168 g/mol. The minimum Gasteiger partial charge on any atom is -0.247 e. The maximum Gasteiger partial charge on any atom is 0.229 e. The zero-order valence-electron chi connectivity index (χ0n) is 6.82. The first-order chi connectivity index (χ1) is 5.22.